The number of carbonyl (C=O) groups is 1. The van der Waals surface area contributed by atoms with E-state index in [1.807, 2.05) is 31.0 Å². The topological polar surface area (TPSA) is 50.2 Å². The van der Waals surface area contributed by atoms with Crippen LogP contribution in [0.1, 0.15) is 30.0 Å². The number of nitrogens with zero attached hydrogens (tertiary/aromatic N) is 3. The number of hydrogen-bond acceptors (Lipinski definition) is 3. The van der Waals surface area contributed by atoms with Crippen LogP contribution in [0, 0.1) is 6.92 Å². The number of amides is 1. The second kappa shape index (κ2) is 8.48. The van der Waals surface area contributed by atoms with Gasteiger partial charge in [-0.2, -0.15) is 5.10 Å². The molecule has 2 rings (SSSR count). The highest BCUT2D eigenvalue weighted by Crippen LogP contribution is 2.18. The molecule has 23 heavy (non-hydrogen) atoms. The molecule has 1 N–H and O–H groups in total. The smallest absolute Gasteiger partial charge is 0.220 e. The van der Waals surface area contributed by atoms with Gasteiger partial charge in [0.1, 0.15) is 0 Å². The molecule has 0 aliphatic rings. The highest BCUT2D eigenvalue weighted by atomic mass is 16.1. The third-order valence-electron chi connectivity index (χ3n) is 3.89. The number of aromatic nitrogens is 2. The van der Waals surface area contributed by atoms with Crippen molar-refractivity contribution in [3.8, 4) is 0 Å². The van der Waals surface area contributed by atoms with Gasteiger partial charge in [-0.05, 0) is 39.1 Å². The van der Waals surface area contributed by atoms with Crippen LogP contribution in [-0.2, 0) is 11.3 Å². The van der Waals surface area contributed by atoms with Gasteiger partial charge < -0.3 is 10.2 Å². The summed E-state index contributed by atoms with van der Waals surface area (Å²) in [5.41, 5.74) is 2.46. The standard InChI is InChI=1S/C18H26N4O/c1-15-7-4-8-16(13-15)17(21(2)3)14-19-18(23)9-5-11-22-12-6-10-20-22/h4,6-8,10,12-13,17H,5,9,11,14H2,1-3H3,(H,19,23)/t17-/m0/s1. The lowest BCUT2D eigenvalue weighted by molar-refractivity contribution is -0.121. The molecule has 0 saturated carbocycles. The predicted octanol–water partition coefficient (Wildman–Crippen LogP) is 2.39. The van der Waals surface area contributed by atoms with Crippen LogP contribution in [0.4, 0.5) is 0 Å². The van der Waals surface area contributed by atoms with Gasteiger partial charge in [0.05, 0.1) is 6.04 Å². The van der Waals surface area contributed by atoms with Gasteiger partial charge >= 0.3 is 0 Å². The molecule has 1 amide bonds. The molecule has 0 saturated heterocycles. The Morgan fingerprint density at radius 3 is 2.83 bits per heavy atom. The predicted molar refractivity (Wildman–Crippen MR) is 92.1 cm³/mol. The van der Waals surface area contributed by atoms with Gasteiger partial charge in [-0.1, -0.05) is 29.8 Å². The van der Waals surface area contributed by atoms with E-state index < -0.39 is 0 Å². The van der Waals surface area contributed by atoms with Gasteiger partial charge in [0, 0.05) is 31.9 Å². The van der Waals surface area contributed by atoms with Crippen LogP contribution in [0.3, 0.4) is 0 Å². The molecule has 0 spiro atoms. The van der Waals surface area contributed by atoms with Crippen LogP contribution in [0.2, 0.25) is 0 Å². The van der Waals surface area contributed by atoms with E-state index >= 15 is 0 Å². The largest absolute Gasteiger partial charge is 0.354 e. The Morgan fingerprint density at radius 1 is 1.35 bits per heavy atom. The number of aryl methyl sites for hydroxylation is 2. The van der Waals surface area contributed by atoms with Crippen molar-refractivity contribution in [2.75, 3.05) is 20.6 Å². The lowest BCUT2D eigenvalue weighted by Gasteiger charge is -2.25. The maximum Gasteiger partial charge on any atom is 0.220 e. The van der Waals surface area contributed by atoms with Crippen LogP contribution in [0.5, 0.6) is 0 Å². The third kappa shape index (κ3) is 5.53. The molecule has 0 fully saturated rings. The molecule has 2 aromatic rings. The average molecular weight is 314 g/mol. The number of nitrogens with one attached hydrogen (secondary N) is 1. The van der Waals surface area contributed by atoms with E-state index in [1.54, 1.807) is 6.20 Å². The van der Waals surface area contributed by atoms with E-state index in [-0.39, 0.29) is 11.9 Å². The first-order valence-corrected chi connectivity index (χ1v) is 8.03. The van der Waals surface area contributed by atoms with E-state index in [0.29, 0.717) is 13.0 Å². The van der Waals surface area contributed by atoms with Gasteiger partial charge in [-0.25, -0.2) is 0 Å². The maximum atomic E-state index is 12.0. The van der Waals surface area contributed by atoms with Gasteiger partial charge in [0.15, 0.2) is 0 Å². The summed E-state index contributed by atoms with van der Waals surface area (Å²) >= 11 is 0. The molecular weight excluding hydrogens is 288 g/mol. The molecule has 1 heterocycles. The fraction of sp³-hybridized carbons (Fsp3) is 0.444. The van der Waals surface area contributed by atoms with Gasteiger partial charge in [0.2, 0.25) is 5.91 Å². The van der Waals surface area contributed by atoms with Crippen LogP contribution in [0.15, 0.2) is 42.7 Å². The van der Waals surface area contributed by atoms with Crippen molar-refractivity contribution < 1.29 is 4.79 Å². The number of benzene rings is 1. The lowest BCUT2D eigenvalue weighted by Crippen LogP contribution is -2.34. The average Bonchev–Trinajstić information content (AvgIpc) is 3.00. The molecule has 1 atom stereocenters. The highest BCUT2D eigenvalue weighted by Gasteiger charge is 2.15. The quantitative estimate of drug-likeness (QED) is 0.814. The molecule has 0 aliphatic heterocycles. The minimum Gasteiger partial charge on any atom is -0.354 e. The van der Waals surface area contributed by atoms with Crippen LogP contribution in [-0.4, -0.2) is 41.2 Å². The molecule has 0 unspecified atom stereocenters. The second-order valence-electron chi connectivity index (χ2n) is 6.07. The molecule has 124 valence electrons. The zero-order valence-electron chi connectivity index (χ0n) is 14.2. The first-order chi connectivity index (χ1) is 11.1. The molecule has 0 radical (unpaired) electrons. The van der Waals surface area contributed by atoms with Crippen LogP contribution >= 0.6 is 0 Å². The fourth-order valence-electron chi connectivity index (χ4n) is 2.61. The van der Waals surface area contributed by atoms with Crippen LogP contribution < -0.4 is 5.32 Å². The van der Waals surface area contributed by atoms with Gasteiger partial charge in [0.25, 0.3) is 0 Å². The van der Waals surface area contributed by atoms with Crippen molar-refractivity contribution in [3.63, 3.8) is 0 Å². The maximum absolute atomic E-state index is 12.0. The molecule has 1 aromatic carbocycles. The van der Waals surface area contributed by atoms with Crippen molar-refractivity contribution >= 4 is 5.91 Å². The summed E-state index contributed by atoms with van der Waals surface area (Å²) in [4.78, 5) is 14.2. The summed E-state index contributed by atoms with van der Waals surface area (Å²) in [6.45, 7) is 3.48. The fourth-order valence-corrected chi connectivity index (χ4v) is 2.61. The summed E-state index contributed by atoms with van der Waals surface area (Å²) in [5, 5.41) is 7.19. The Labute approximate surface area is 138 Å². The normalized spacial score (nSPS) is 12.3. The van der Waals surface area contributed by atoms with E-state index in [2.05, 4.69) is 46.5 Å². The Hall–Kier alpha value is -2.14. The Bertz CT molecular complexity index is 607. The molecule has 5 heteroatoms. The van der Waals surface area contributed by atoms with Crippen molar-refractivity contribution in [1.82, 2.24) is 20.0 Å². The zero-order chi connectivity index (χ0) is 16.7. The third-order valence-corrected chi connectivity index (χ3v) is 3.89. The van der Waals surface area contributed by atoms with E-state index in [1.165, 1.54) is 11.1 Å². The van der Waals surface area contributed by atoms with E-state index in [4.69, 9.17) is 0 Å². The molecule has 0 aliphatic carbocycles. The molecule has 1 aromatic heterocycles. The minimum atomic E-state index is 0.0941. The summed E-state index contributed by atoms with van der Waals surface area (Å²) in [7, 11) is 4.08. The van der Waals surface area contributed by atoms with Crippen molar-refractivity contribution in [2.45, 2.75) is 32.4 Å². The Balaban J connectivity index is 1.80. The van der Waals surface area contributed by atoms with E-state index in [0.717, 1.165) is 13.0 Å². The number of hydrogen-bond donors (Lipinski definition) is 1. The minimum absolute atomic E-state index is 0.0941. The number of likely N-dealkylation sites (N-methyl/N-ethyl adjacent to an activating group) is 1. The zero-order valence-corrected chi connectivity index (χ0v) is 14.2. The van der Waals surface area contributed by atoms with Crippen molar-refractivity contribution in [3.05, 3.63) is 53.9 Å². The Morgan fingerprint density at radius 2 is 2.17 bits per heavy atom. The Kier molecular flexibility index (Phi) is 6.35. The number of carbonyl (C=O) groups excluding carboxylic acids is 1. The summed E-state index contributed by atoms with van der Waals surface area (Å²) < 4.78 is 1.85. The summed E-state index contributed by atoms with van der Waals surface area (Å²) in [5.74, 6) is 0.0941. The van der Waals surface area contributed by atoms with Crippen molar-refractivity contribution in [1.29, 1.82) is 0 Å². The van der Waals surface area contributed by atoms with Crippen molar-refractivity contribution in [2.24, 2.45) is 0 Å². The SMILES string of the molecule is Cc1cccc([C@H](CNC(=O)CCCn2cccn2)N(C)C)c1. The second-order valence-corrected chi connectivity index (χ2v) is 6.07. The number of rotatable bonds is 8. The van der Waals surface area contributed by atoms with E-state index in [9.17, 15) is 4.79 Å². The summed E-state index contributed by atoms with van der Waals surface area (Å²) in [6, 6.07) is 10.5. The van der Waals surface area contributed by atoms with Gasteiger partial charge in [-0.3, -0.25) is 9.48 Å². The first kappa shape index (κ1) is 17.2. The molecular formula is C18H26N4O. The first-order valence-electron chi connectivity index (χ1n) is 8.03. The van der Waals surface area contributed by atoms with Gasteiger partial charge in [-0.15, -0.1) is 0 Å². The molecule has 0 bridgehead atoms. The van der Waals surface area contributed by atoms with Crippen LogP contribution in [0.25, 0.3) is 0 Å². The summed E-state index contributed by atoms with van der Waals surface area (Å²) in [6.07, 6.45) is 4.99. The molecule has 5 nitrogen and oxygen atoms in total. The highest BCUT2D eigenvalue weighted by molar-refractivity contribution is 5.75. The monoisotopic (exact) mass is 314 g/mol. The lowest BCUT2D eigenvalue weighted by atomic mass is 10.0.